The molecule has 0 aliphatic carbocycles. The Bertz CT molecular complexity index is 861. The van der Waals surface area contributed by atoms with Crippen LogP contribution in [-0.4, -0.2) is 26.2 Å². The minimum Gasteiger partial charge on any atom is -0.341 e. The maximum atomic E-state index is 6.30. The second-order valence-electron chi connectivity index (χ2n) is 4.69. The van der Waals surface area contributed by atoms with Gasteiger partial charge in [-0.05, 0) is 24.3 Å². The molecule has 0 fully saturated rings. The van der Waals surface area contributed by atoms with Gasteiger partial charge in [0.15, 0.2) is 5.82 Å². The SMILES string of the molecule is NC1(c2ncc3ncccc3n2)N=Cc2ncccc2N1. The minimum absolute atomic E-state index is 0.383. The molecular formula is C14H11N7. The molecule has 3 N–H and O–H groups in total. The third-order valence-electron chi connectivity index (χ3n) is 3.25. The lowest BCUT2D eigenvalue weighted by atomic mass is 10.2. The number of hydrogen-bond donors (Lipinski definition) is 2. The number of nitrogens with two attached hydrogens (primary N) is 1. The van der Waals surface area contributed by atoms with Crippen molar-refractivity contribution in [3.63, 3.8) is 0 Å². The summed E-state index contributed by atoms with van der Waals surface area (Å²) in [5, 5.41) is 3.13. The largest absolute Gasteiger partial charge is 0.341 e. The van der Waals surface area contributed by atoms with E-state index in [4.69, 9.17) is 5.73 Å². The quantitative estimate of drug-likeness (QED) is 0.689. The molecular weight excluding hydrogens is 266 g/mol. The Kier molecular flexibility index (Phi) is 2.42. The van der Waals surface area contributed by atoms with E-state index in [-0.39, 0.29) is 0 Å². The molecule has 7 nitrogen and oxygen atoms in total. The second kappa shape index (κ2) is 4.29. The highest BCUT2D eigenvalue weighted by Gasteiger charge is 2.33. The first-order valence-electron chi connectivity index (χ1n) is 6.40. The third-order valence-corrected chi connectivity index (χ3v) is 3.25. The lowest BCUT2D eigenvalue weighted by molar-refractivity contribution is 0.504. The van der Waals surface area contributed by atoms with Gasteiger partial charge in [-0.3, -0.25) is 15.7 Å². The Balaban J connectivity index is 1.81. The molecule has 0 saturated carbocycles. The van der Waals surface area contributed by atoms with E-state index in [2.05, 4.69) is 30.2 Å². The molecule has 0 aromatic carbocycles. The summed E-state index contributed by atoms with van der Waals surface area (Å²) in [5.74, 6) is -0.825. The first-order chi connectivity index (χ1) is 10.2. The van der Waals surface area contributed by atoms with E-state index in [1.807, 2.05) is 24.3 Å². The third kappa shape index (κ3) is 1.91. The standard InChI is InChI=1S/C14H11N7/c15-14(19-8-12-10(21-14)4-2-6-17-12)13-18-7-11-9(20-13)3-1-5-16-11/h1-8,21H,15H2. The molecule has 0 bridgehead atoms. The number of nitrogens with one attached hydrogen (secondary N) is 1. The van der Waals surface area contributed by atoms with Crippen LogP contribution in [-0.2, 0) is 5.79 Å². The van der Waals surface area contributed by atoms with Crippen LogP contribution in [0.3, 0.4) is 0 Å². The van der Waals surface area contributed by atoms with Gasteiger partial charge in [0.25, 0.3) is 0 Å². The molecule has 102 valence electrons. The van der Waals surface area contributed by atoms with E-state index in [9.17, 15) is 0 Å². The smallest absolute Gasteiger partial charge is 0.244 e. The van der Waals surface area contributed by atoms with Gasteiger partial charge in [0.2, 0.25) is 5.79 Å². The summed E-state index contributed by atoms with van der Waals surface area (Å²) in [7, 11) is 0. The van der Waals surface area contributed by atoms with E-state index in [0.29, 0.717) is 11.3 Å². The first-order valence-corrected chi connectivity index (χ1v) is 6.40. The monoisotopic (exact) mass is 277 g/mol. The Morgan fingerprint density at radius 1 is 1.00 bits per heavy atom. The summed E-state index contributed by atoms with van der Waals surface area (Å²) in [6.07, 6.45) is 6.67. The highest BCUT2D eigenvalue weighted by molar-refractivity contribution is 5.87. The maximum Gasteiger partial charge on any atom is 0.244 e. The molecule has 1 atom stereocenters. The topological polar surface area (TPSA) is 102 Å². The van der Waals surface area contributed by atoms with E-state index < -0.39 is 5.79 Å². The lowest BCUT2D eigenvalue weighted by Crippen LogP contribution is -2.46. The summed E-state index contributed by atoms with van der Waals surface area (Å²) >= 11 is 0. The van der Waals surface area contributed by atoms with Crippen molar-refractivity contribution in [2.24, 2.45) is 10.7 Å². The van der Waals surface area contributed by atoms with Crippen LogP contribution in [0.25, 0.3) is 11.0 Å². The van der Waals surface area contributed by atoms with Gasteiger partial charge in [-0.2, -0.15) is 0 Å². The zero-order valence-electron chi connectivity index (χ0n) is 10.9. The molecule has 3 aromatic rings. The van der Waals surface area contributed by atoms with E-state index in [1.165, 1.54) is 0 Å². The van der Waals surface area contributed by atoms with E-state index in [1.54, 1.807) is 24.8 Å². The van der Waals surface area contributed by atoms with Crippen LogP contribution in [0.4, 0.5) is 5.69 Å². The Morgan fingerprint density at radius 2 is 1.86 bits per heavy atom. The van der Waals surface area contributed by atoms with Gasteiger partial charge >= 0.3 is 0 Å². The normalized spacial score (nSPS) is 20.0. The van der Waals surface area contributed by atoms with Crippen LogP contribution in [0, 0.1) is 0 Å². The summed E-state index contributed by atoms with van der Waals surface area (Å²) < 4.78 is 0. The van der Waals surface area contributed by atoms with Gasteiger partial charge < -0.3 is 5.32 Å². The van der Waals surface area contributed by atoms with Gasteiger partial charge in [0.05, 0.1) is 23.6 Å². The van der Waals surface area contributed by atoms with Gasteiger partial charge in [0.1, 0.15) is 11.2 Å². The van der Waals surface area contributed by atoms with Gasteiger partial charge in [0, 0.05) is 12.4 Å². The van der Waals surface area contributed by atoms with E-state index >= 15 is 0 Å². The van der Waals surface area contributed by atoms with Crippen molar-refractivity contribution in [3.8, 4) is 0 Å². The number of pyridine rings is 2. The van der Waals surface area contributed by atoms with Crippen molar-refractivity contribution < 1.29 is 0 Å². The van der Waals surface area contributed by atoms with Crippen molar-refractivity contribution in [1.82, 2.24) is 19.9 Å². The number of fused-ring (bicyclic) bond motifs is 2. The summed E-state index contributed by atoms with van der Waals surface area (Å²) in [4.78, 5) is 21.4. The van der Waals surface area contributed by atoms with Crippen molar-refractivity contribution in [1.29, 1.82) is 0 Å². The van der Waals surface area contributed by atoms with Gasteiger partial charge in [-0.25, -0.2) is 15.0 Å². The van der Waals surface area contributed by atoms with Crippen LogP contribution >= 0.6 is 0 Å². The molecule has 4 heterocycles. The van der Waals surface area contributed by atoms with Crippen LogP contribution in [0.15, 0.2) is 47.8 Å². The summed E-state index contributed by atoms with van der Waals surface area (Å²) in [6, 6.07) is 7.40. The average molecular weight is 277 g/mol. The van der Waals surface area contributed by atoms with Crippen molar-refractivity contribution in [3.05, 3.63) is 54.4 Å². The van der Waals surface area contributed by atoms with Crippen LogP contribution in [0.5, 0.6) is 0 Å². The fourth-order valence-corrected chi connectivity index (χ4v) is 2.19. The minimum atomic E-state index is -1.21. The maximum absolute atomic E-state index is 6.30. The molecule has 1 aliphatic rings. The molecule has 4 rings (SSSR count). The second-order valence-corrected chi connectivity index (χ2v) is 4.69. The number of anilines is 1. The van der Waals surface area contributed by atoms with Gasteiger partial charge in [-0.1, -0.05) is 0 Å². The molecule has 0 spiro atoms. The van der Waals surface area contributed by atoms with Crippen molar-refractivity contribution in [2.45, 2.75) is 5.79 Å². The summed E-state index contributed by atoms with van der Waals surface area (Å²) in [6.45, 7) is 0. The molecule has 1 aliphatic heterocycles. The number of aliphatic imine (C=N–C) groups is 1. The van der Waals surface area contributed by atoms with Crippen molar-refractivity contribution in [2.75, 3.05) is 5.32 Å². The first kappa shape index (κ1) is 11.9. The molecule has 3 aromatic heterocycles. The number of rotatable bonds is 1. The van der Waals surface area contributed by atoms with Crippen LogP contribution in [0.1, 0.15) is 11.5 Å². The number of nitrogens with zero attached hydrogens (tertiary/aromatic N) is 5. The fourth-order valence-electron chi connectivity index (χ4n) is 2.19. The molecule has 0 radical (unpaired) electrons. The Morgan fingerprint density at radius 3 is 2.81 bits per heavy atom. The molecule has 1 unspecified atom stereocenters. The number of aromatic nitrogens is 4. The zero-order chi connectivity index (χ0) is 14.3. The average Bonchev–Trinajstić information content (AvgIpc) is 2.54. The van der Waals surface area contributed by atoms with Gasteiger partial charge in [-0.15, -0.1) is 0 Å². The molecule has 21 heavy (non-hydrogen) atoms. The summed E-state index contributed by atoms with van der Waals surface area (Å²) in [5.41, 5.74) is 9.28. The Hall–Kier alpha value is -2.93. The Labute approximate surface area is 120 Å². The van der Waals surface area contributed by atoms with Crippen LogP contribution in [0.2, 0.25) is 0 Å². The van der Waals surface area contributed by atoms with Crippen molar-refractivity contribution >= 4 is 22.9 Å². The predicted octanol–water partition coefficient (Wildman–Crippen LogP) is 1.03. The molecule has 7 heteroatoms. The predicted molar refractivity (Wildman–Crippen MR) is 78.7 cm³/mol. The molecule has 0 amide bonds. The van der Waals surface area contributed by atoms with E-state index in [0.717, 1.165) is 16.9 Å². The number of hydrogen-bond acceptors (Lipinski definition) is 7. The fraction of sp³-hybridized carbons (Fsp3) is 0.0714. The lowest BCUT2D eigenvalue weighted by Gasteiger charge is -2.29. The van der Waals surface area contributed by atoms with Crippen LogP contribution < -0.4 is 11.1 Å². The highest BCUT2D eigenvalue weighted by atomic mass is 15.3. The zero-order valence-corrected chi connectivity index (χ0v) is 10.9. The molecule has 0 saturated heterocycles. The highest BCUT2D eigenvalue weighted by Crippen LogP contribution is 2.26.